The Bertz CT molecular complexity index is 1050. The van der Waals surface area contributed by atoms with E-state index in [1.165, 1.54) is 7.11 Å². The van der Waals surface area contributed by atoms with Gasteiger partial charge in [0.15, 0.2) is 6.61 Å². The lowest BCUT2D eigenvalue weighted by Gasteiger charge is -2.12. The van der Waals surface area contributed by atoms with Gasteiger partial charge >= 0.3 is 6.03 Å². The first-order valence-electron chi connectivity index (χ1n) is 9.38. The zero-order valence-corrected chi connectivity index (χ0v) is 16.8. The maximum atomic E-state index is 12.5. The zero-order valence-electron chi connectivity index (χ0n) is 16.8. The van der Waals surface area contributed by atoms with E-state index in [4.69, 9.17) is 9.47 Å². The maximum Gasteiger partial charge on any atom is 0.325 e. The molecule has 0 atom stereocenters. The predicted octanol–water partition coefficient (Wildman–Crippen LogP) is 3.67. The van der Waals surface area contributed by atoms with Gasteiger partial charge in [0.2, 0.25) is 0 Å². The fourth-order valence-corrected chi connectivity index (χ4v) is 2.64. The average molecular weight is 419 g/mol. The van der Waals surface area contributed by atoms with Gasteiger partial charge in [-0.25, -0.2) is 4.79 Å². The molecule has 8 nitrogen and oxygen atoms in total. The Kier molecular flexibility index (Phi) is 7.21. The van der Waals surface area contributed by atoms with Crippen molar-refractivity contribution in [2.75, 3.05) is 24.4 Å². The van der Waals surface area contributed by atoms with Crippen molar-refractivity contribution >= 4 is 29.2 Å². The van der Waals surface area contributed by atoms with E-state index in [9.17, 15) is 14.4 Å². The van der Waals surface area contributed by atoms with Crippen molar-refractivity contribution in [3.63, 3.8) is 0 Å². The smallest absolute Gasteiger partial charge is 0.325 e. The number of amides is 4. The number of hydrogen-bond donors (Lipinski definition) is 3. The largest absolute Gasteiger partial charge is 0.497 e. The number of methoxy groups -OCH3 is 1. The van der Waals surface area contributed by atoms with Crippen molar-refractivity contribution < 1.29 is 23.9 Å². The van der Waals surface area contributed by atoms with E-state index in [-0.39, 0.29) is 17.2 Å². The lowest BCUT2D eigenvalue weighted by atomic mass is 10.2. The summed E-state index contributed by atoms with van der Waals surface area (Å²) in [5.74, 6) is -0.171. The van der Waals surface area contributed by atoms with E-state index in [2.05, 4.69) is 16.0 Å². The summed E-state index contributed by atoms with van der Waals surface area (Å²) in [5.41, 5.74) is 1.40. The number of hydrogen-bond acceptors (Lipinski definition) is 5. The fraction of sp³-hybridized carbons (Fsp3) is 0.0870. The van der Waals surface area contributed by atoms with Crippen LogP contribution in [-0.2, 0) is 4.79 Å². The molecule has 3 N–H and O–H groups in total. The Morgan fingerprint density at radius 1 is 0.774 bits per heavy atom. The van der Waals surface area contributed by atoms with Crippen molar-refractivity contribution in [2.45, 2.75) is 0 Å². The topological polar surface area (TPSA) is 106 Å². The minimum absolute atomic E-state index is 0.224. The number of carbonyl (C=O) groups is 3. The van der Waals surface area contributed by atoms with Crippen LogP contribution < -0.4 is 25.4 Å². The van der Waals surface area contributed by atoms with Crippen LogP contribution in [0.25, 0.3) is 0 Å². The molecule has 0 heterocycles. The Morgan fingerprint density at radius 2 is 1.42 bits per heavy atom. The normalized spacial score (nSPS) is 9.97. The molecule has 0 bridgehead atoms. The highest BCUT2D eigenvalue weighted by molar-refractivity contribution is 6.06. The van der Waals surface area contributed by atoms with E-state index in [0.717, 1.165) is 0 Å². The van der Waals surface area contributed by atoms with Crippen LogP contribution in [0.3, 0.4) is 0 Å². The van der Waals surface area contributed by atoms with Gasteiger partial charge in [-0.05, 0) is 48.5 Å². The van der Waals surface area contributed by atoms with Crippen LogP contribution in [0.4, 0.5) is 16.2 Å². The summed E-state index contributed by atoms with van der Waals surface area (Å²) < 4.78 is 10.5. The number of ether oxygens (including phenoxy) is 2. The highest BCUT2D eigenvalue weighted by atomic mass is 16.5. The molecule has 3 rings (SSSR count). The van der Waals surface area contributed by atoms with Crippen LogP contribution in [0.15, 0.2) is 78.9 Å². The van der Waals surface area contributed by atoms with Crippen molar-refractivity contribution in [3.8, 4) is 11.5 Å². The number of nitrogens with one attached hydrogen (secondary N) is 3. The summed E-state index contributed by atoms with van der Waals surface area (Å²) in [7, 11) is 1.54. The van der Waals surface area contributed by atoms with Crippen LogP contribution in [0.2, 0.25) is 0 Å². The molecule has 0 unspecified atom stereocenters. The molecule has 0 aliphatic carbocycles. The number of benzene rings is 3. The molecule has 8 heteroatoms. The number of carbonyl (C=O) groups excluding carboxylic acids is 3. The minimum atomic E-state index is -0.700. The third-order valence-corrected chi connectivity index (χ3v) is 4.12. The second kappa shape index (κ2) is 10.4. The lowest BCUT2D eigenvalue weighted by Crippen LogP contribution is -2.37. The maximum absolute atomic E-state index is 12.5. The van der Waals surface area contributed by atoms with E-state index in [1.54, 1.807) is 72.8 Å². The van der Waals surface area contributed by atoms with Gasteiger partial charge in [0.05, 0.1) is 12.7 Å². The molecular formula is C23H21N3O5. The van der Waals surface area contributed by atoms with Gasteiger partial charge in [0.1, 0.15) is 11.5 Å². The van der Waals surface area contributed by atoms with E-state index in [0.29, 0.717) is 17.1 Å². The SMILES string of the molecule is COc1ccc(NC(=O)NC(=O)COc2ccccc2C(=O)Nc2ccccc2)cc1. The second-order valence-electron chi connectivity index (χ2n) is 6.34. The van der Waals surface area contributed by atoms with Crippen molar-refractivity contribution in [1.82, 2.24) is 5.32 Å². The van der Waals surface area contributed by atoms with Crippen LogP contribution in [0.1, 0.15) is 10.4 Å². The highest BCUT2D eigenvalue weighted by Gasteiger charge is 2.15. The molecule has 0 radical (unpaired) electrons. The summed E-state index contributed by atoms with van der Waals surface area (Å²) >= 11 is 0. The first kappa shape index (κ1) is 21.4. The number of imide groups is 1. The first-order valence-corrected chi connectivity index (χ1v) is 9.38. The van der Waals surface area contributed by atoms with Crippen molar-refractivity contribution in [2.24, 2.45) is 0 Å². The van der Waals surface area contributed by atoms with Gasteiger partial charge in [-0.3, -0.25) is 14.9 Å². The second-order valence-corrected chi connectivity index (χ2v) is 6.34. The molecule has 0 aliphatic heterocycles. The third kappa shape index (κ3) is 6.33. The molecule has 0 saturated carbocycles. The number of para-hydroxylation sites is 2. The summed E-state index contributed by atoms with van der Waals surface area (Å²) in [6, 6.07) is 21.4. The zero-order chi connectivity index (χ0) is 22.1. The van der Waals surface area contributed by atoms with Crippen molar-refractivity contribution in [1.29, 1.82) is 0 Å². The Hall–Kier alpha value is -4.33. The standard InChI is InChI=1S/C23H21N3O5/c1-30-18-13-11-17(12-14-18)25-23(29)26-21(27)15-31-20-10-6-5-9-19(20)22(28)24-16-7-3-2-4-8-16/h2-14H,15H2,1H3,(H,24,28)(H2,25,26,27,29). The lowest BCUT2D eigenvalue weighted by molar-refractivity contribution is -0.121. The van der Waals surface area contributed by atoms with Crippen LogP contribution in [-0.4, -0.2) is 31.6 Å². The molecule has 0 aromatic heterocycles. The predicted molar refractivity (Wildman–Crippen MR) is 116 cm³/mol. The summed E-state index contributed by atoms with van der Waals surface area (Å²) in [6.45, 7) is -0.439. The molecule has 0 aliphatic rings. The Morgan fingerprint density at radius 3 is 2.13 bits per heavy atom. The molecule has 3 aromatic rings. The molecule has 0 saturated heterocycles. The fourth-order valence-electron chi connectivity index (χ4n) is 2.64. The molecule has 3 aromatic carbocycles. The van der Waals surface area contributed by atoms with Crippen LogP contribution >= 0.6 is 0 Å². The van der Waals surface area contributed by atoms with E-state index in [1.807, 2.05) is 6.07 Å². The van der Waals surface area contributed by atoms with Crippen molar-refractivity contribution in [3.05, 3.63) is 84.4 Å². The number of rotatable bonds is 7. The summed E-state index contributed by atoms with van der Waals surface area (Å²) in [4.78, 5) is 36.6. The molecular weight excluding hydrogens is 398 g/mol. The minimum Gasteiger partial charge on any atom is -0.497 e. The van der Waals surface area contributed by atoms with E-state index < -0.39 is 18.5 Å². The van der Waals surface area contributed by atoms with Crippen LogP contribution in [0.5, 0.6) is 11.5 Å². The van der Waals surface area contributed by atoms with Gasteiger partial charge in [0.25, 0.3) is 11.8 Å². The highest BCUT2D eigenvalue weighted by Crippen LogP contribution is 2.20. The van der Waals surface area contributed by atoms with Gasteiger partial charge in [-0.15, -0.1) is 0 Å². The Labute approximate surface area is 179 Å². The van der Waals surface area contributed by atoms with Gasteiger partial charge in [0, 0.05) is 11.4 Å². The number of urea groups is 1. The van der Waals surface area contributed by atoms with Crippen LogP contribution in [0, 0.1) is 0 Å². The summed E-state index contributed by atoms with van der Waals surface area (Å²) in [5, 5.41) is 7.46. The molecule has 4 amide bonds. The average Bonchev–Trinajstić information content (AvgIpc) is 2.79. The molecule has 31 heavy (non-hydrogen) atoms. The number of anilines is 2. The van der Waals surface area contributed by atoms with Gasteiger partial charge in [-0.1, -0.05) is 30.3 Å². The Balaban J connectivity index is 1.53. The monoisotopic (exact) mass is 419 g/mol. The summed E-state index contributed by atoms with van der Waals surface area (Å²) in [6.07, 6.45) is 0. The van der Waals surface area contributed by atoms with E-state index >= 15 is 0 Å². The molecule has 0 spiro atoms. The third-order valence-electron chi connectivity index (χ3n) is 4.12. The van der Waals surface area contributed by atoms with Gasteiger partial charge in [-0.2, -0.15) is 0 Å². The first-order chi connectivity index (χ1) is 15.0. The molecule has 158 valence electrons. The van der Waals surface area contributed by atoms with Gasteiger partial charge < -0.3 is 20.1 Å². The quantitative estimate of drug-likeness (QED) is 0.542. The molecule has 0 fully saturated rings.